The number of hydrogen-bond donors (Lipinski definition) is 2. The molecule has 26 heavy (non-hydrogen) atoms. The van der Waals surface area contributed by atoms with Crippen molar-refractivity contribution in [2.45, 2.75) is 11.4 Å². The van der Waals surface area contributed by atoms with Gasteiger partial charge in [0.15, 0.2) is 0 Å². The van der Waals surface area contributed by atoms with E-state index in [4.69, 9.17) is 0 Å². The molecule has 2 aromatic rings. The SMILES string of the molecule is O=C(NCCSc1ccccc1)c1ccc(CN2C(=O)CNC2=O)cc1. The zero-order valence-corrected chi connectivity index (χ0v) is 14.9. The molecule has 0 saturated carbocycles. The number of carbonyl (C=O) groups excluding carboxylic acids is 3. The van der Waals surface area contributed by atoms with Crippen molar-refractivity contribution >= 4 is 29.6 Å². The number of rotatable bonds is 7. The lowest BCUT2D eigenvalue weighted by Crippen LogP contribution is -2.30. The maximum atomic E-state index is 12.2. The minimum Gasteiger partial charge on any atom is -0.351 e. The standard InChI is InChI=1S/C19H19N3O3S/c23-17-12-21-19(25)22(17)13-14-6-8-15(9-7-14)18(24)20-10-11-26-16-4-2-1-3-5-16/h1-9H,10-13H2,(H,20,24)(H,21,25). The van der Waals surface area contributed by atoms with Crippen LogP contribution in [-0.4, -0.2) is 41.6 Å². The molecule has 6 nitrogen and oxygen atoms in total. The molecule has 1 fully saturated rings. The van der Waals surface area contributed by atoms with E-state index >= 15 is 0 Å². The van der Waals surface area contributed by atoms with Gasteiger partial charge in [0.25, 0.3) is 5.91 Å². The first-order chi connectivity index (χ1) is 12.6. The highest BCUT2D eigenvalue weighted by atomic mass is 32.2. The first kappa shape index (κ1) is 18.0. The first-order valence-corrected chi connectivity index (χ1v) is 9.25. The molecule has 1 heterocycles. The molecule has 1 aliphatic heterocycles. The van der Waals surface area contributed by atoms with Gasteiger partial charge in [0, 0.05) is 22.8 Å². The van der Waals surface area contributed by atoms with Gasteiger partial charge in [-0.3, -0.25) is 14.5 Å². The number of amides is 4. The lowest BCUT2D eigenvalue weighted by atomic mass is 10.1. The summed E-state index contributed by atoms with van der Waals surface area (Å²) >= 11 is 1.69. The van der Waals surface area contributed by atoms with Crippen LogP contribution >= 0.6 is 11.8 Å². The van der Waals surface area contributed by atoms with Crippen LogP contribution in [-0.2, 0) is 11.3 Å². The van der Waals surface area contributed by atoms with E-state index in [0.29, 0.717) is 12.1 Å². The zero-order valence-electron chi connectivity index (χ0n) is 14.1. The van der Waals surface area contributed by atoms with Crippen LogP contribution in [0.4, 0.5) is 4.79 Å². The van der Waals surface area contributed by atoms with E-state index in [0.717, 1.165) is 16.2 Å². The van der Waals surface area contributed by atoms with Gasteiger partial charge in [-0.1, -0.05) is 30.3 Å². The molecule has 0 spiro atoms. The van der Waals surface area contributed by atoms with Crippen molar-refractivity contribution in [3.05, 3.63) is 65.7 Å². The number of urea groups is 1. The van der Waals surface area contributed by atoms with Gasteiger partial charge in [0.2, 0.25) is 5.91 Å². The molecule has 2 N–H and O–H groups in total. The van der Waals surface area contributed by atoms with Crippen LogP contribution in [0.5, 0.6) is 0 Å². The van der Waals surface area contributed by atoms with Crippen molar-refractivity contribution in [1.29, 1.82) is 0 Å². The second kappa shape index (κ2) is 8.53. The van der Waals surface area contributed by atoms with E-state index in [1.54, 1.807) is 36.0 Å². The van der Waals surface area contributed by atoms with Crippen LogP contribution in [0, 0.1) is 0 Å². The number of nitrogens with one attached hydrogen (secondary N) is 2. The summed E-state index contributed by atoms with van der Waals surface area (Å²) in [5, 5.41) is 5.37. The highest BCUT2D eigenvalue weighted by molar-refractivity contribution is 7.99. The van der Waals surface area contributed by atoms with Crippen molar-refractivity contribution in [3.8, 4) is 0 Å². The fourth-order valence-electron chi connectivity index (χ4n) is 2.51. The normalized spacial score (nSPS) is 13.6. The summed E-state index contributed by atoms with van der Waals surface area (Å²) in [5.41, 5.74) is 1.35. The highest BCUT2D eigenvalue weighted by Gasteiger charge is 2.28. The van der Waals surface area contributed by atoms with Crippen LogP contribution in [0.2, 0.25) is 0 Å². The third-order valence-electron chi connectivity index (χ3n) is 3.89. The van der Waals surface area contributed by atoms with Crippen LogP contribution in [0.3, 0.4) is 0 Å². The lowest BCUT2D eigenvalue weighted by molar-refractivity contribution is -0.125. The molecule has 0 aliphatic carbocycles. The van der Waals surface area contributed by atoms with Crippen molar-refractivity contribution in [2.75, 3.05) is 18.8 Å². The molecule has 0 radical (unpaired) electrons. The molecular weight excluding hydrogens is 350 g/mol. The minimum atomic E-state index is -0.382. The van der Waals surface area contributed by atoms with Gasteiger partial charge in [0.05, 0.1) is 13.1 Å². The topological polar surface area (TPSA) is 78.5 Å². The summed E-state index contributed by atoms with van der Waals surface area (Å²) in [6.45, 7) is 0.823. The average Bonchev–Trinajstić information content (AvgIpc) is 2.98. The van der Waals surface area contributed by atoms with Gasteiger partial charge < -0.3 is 10.6 Å². The Labute approximate surface area is 156 Å². The Kier molecular flexibility index (Phi) is 5.91. The molecule has 4 amide bonds. The third kappa shape index (κ3) is 4.64. The Morgan fingerprint density at radius 1 is 1.08 bits per heavy atom. The molecule has 7 heteroatoms. The van der Waals surface area contributed by atoms with Gasteiger partial charge in [-0.15, -0.1) is 11.8 Å². The fraction of sp³-hybridized carbons (Fsp3) is 0.211. The Balaban J connectivity index is 1.46. The van der Waals surface area contributed by atoms with Crippen LogP contribution in [0.25, 0.3) is 0 Å². The average molecular weight is 369 g/mol. The Hall–Kier alpha value is -2.80. The van der Waals surface area contributed by atoms with Crippen LogP contribution in [0.15, 0.2) is 59.5 Å². The summed E-state index contributed by atoms with van der Waals surface area (Å²) in [6, 6.07) is 16.6. The Morgan fingerprint density at radius 2 is 1.81 bits per heavy atom. The number of hydrogen-bond acceptors (Lipinski definition) is 4. The third-order valence-corrected chi connectivity index (χ3v) is 4.91. The summed E-state index contributed by atoms with van der Waals surface area (Å²) in [7, 11) is 0. The minimum absolute atomic E-state index is 0.0420. The maximum absolute atomic E-state index is 12.2. The summed E-state index contributed by atoms with van der Waals surface area (Å²) in [6.07, 6.45) is 0. The molecule has 2 aromatic carbocycles. The van der Waals surface area contributed by atoms with Crippen molar-refractivity contribution in [2.24, 2.45) is 0 Å². The molecule has 3 rings (SSSR count). The summed E-state index contributed by atoms with van der Waals surface area (Å²) in [4.78, 5) is 37.6. The van der Waals surface area contributed by atoms with Crippen LogP contribution < -0.4 is 10.6 Å². The second-order valence-corrected chi connectivity index (χ2v) is 6.92. The molecule has 0 aromatic heterocycles. The molecule has 0 atom stereocenters. The maximum Gasteiger partial charge on any atom is 0.324 e. The molecule has 1 saturated heterocycles. The van der Waals surface area contributed by atoms with E-state index in [-0.39, 0.29) is 30.9 Å². The number of carbonyl (C=O) groups is 3. The Bertz CT molecular complexity index is 777. The fourth-order valence-corrected chi connectivity index (χ4v) is 3.30. The monoisotopic (exact) mass is 369 g/mol. The largest absolute Gasteiger partial charge is 0.351 e. The summed E-state index contributed by atoms with van der Waals surface area (Å²) in [5.74, 6) is 0.410. The predicted molar refractivity (Wildman–Crippen MR) is 99.9 cm³/mol. The lowest BCUT2D eigenvalue weighted by Gasteiger charge is -2.12. The number of benzene rings is 2. The van der Waals surface area contributed by atoms with Gasteiger partial charge in [-0.05, 0) is 29.8 Å². The van der Waals surface area contributed by atoms with Crippen LogP contribution in [0.1, 0.15) is 15.9 Å². The second-order valence-electron chi connectivity index (χ2n) is 5.75. The molecule has 134 valence electrons. The smallest absolute Gasteiger partial charge is 0.324 e. The molecule has 0 bridgehead atoms. The molecule has 0 unspecified atom stereocenters. The van der Waals surface area contributed by atoms with Crippen molar-refractivity contribution < 1.29 is 14.4 Å². The van der Waals surface area contributed by atoms with Gasteiger partial charge >= 0.3 is 6.03 Å². The summed E-state index contributed by atoms with van der Waals surface area (Å²) < 4.78 is 0. The van der Waals surface area contributed by atoms with E-state index in [1.165, 1.54) is 4.90 Å². The first-order valence-electron chi connectivity index (χ1n) is 8.26. The predicted octanol–water partition coefficient (Wildman–Crippen LogP) is 2.26. The Morgan fingerprint density at radius 3 is 2.46 bits per heavy atom. The van der Waals surface area contributed by atoms with E-state index in [9.17, 15) is 14.4 Å². The van der Waals surface area contributed by atoms with E-state index < -0.39 is 0 Å². The quantitative estimate of drug-likeness (QED) is 0.446. The number of nitrogens with zero attached hydrogens (tertiary/aromatic N) is 1. The van der Waals surface area contributed by atoms with Crippen molar-refractivity contribution in [3.63, 3.8) is 0 Å². The zero-order chi connectivity index (χ0) is 18.4. The number of imide groups is 1. The van der Waals surface area contributed by atoms with Gasteiger partial charge in [-0.25, -0.2) is 4.79 Å². The van der Waals surface area contributed by atoms with Gasteiger partial charge in [0.1, 0.15) is 0 Å². The van der Waals surface area contributed by atoms with E-state index in [1.807, 2.05) is 30.3 Å². The number of thioether (sulfide) groups is 1. The van der Waals surface area contributed by atoms with Gasteiger partial charge in [-0.2, -0.15) is 0 Å². The molecular formula is C19H19N3O3S. The molecule has 1 aliphatic rings. The van der Waals surface area contributed by atoms with Crippen molar-refractivity contribution in [1.82, 2.24) is 15.5 Å². The van der Waals surface area contributed by atoms with E-state index in [2.05, 4.69) is 10.6 Å². The highest BCUT2D eigenvalue weighted by Crippen LogP contribution is 2.16.